The van der Waals surface area contributed by atoms with Crippen molar-refractivity contribution in [1.29, 1.82) is 0 Å². The quantitative estimate of drug-likeness (QED) is 0.601. The molecule has 0 radical (unpaired) electrons. The zero-order valence-electron chi connectivity index (χ0n) is 11.7. The first-order chi connectivity index (χ1) is 8.87. The molecule has 0 N–H and O–H groups in total. The third kappa shape index (κ3) is 4.41. The van der Waals surface area contributed by atoms with Crippen LogP contribution in [0.1, 0.15) is 31.9 Å². The third-order valence-corrected chi connectivity index (χ3v) is 14.7. The Bertz CT molecular complexity index is 423. The fraction of sp³-hybridized carbons (Fsp3) is 0.467. The molecule has 0 unspecified atom stereocenters. The van der Waals surface area contributed by atoms with Crippen LogP contribution in [0.15, 0.2) is 29.2 Å². The van der Waals surface area contributed by atoms with Gasteiger partial charge in [0.15, 0.2) is 0 Å². The molecule has 0 heterocycles. The van der Waals surface area contributed by atoms with Crippen LogP contribution in [0.5, 0.6) is 0 Å². The van der Waals surface area contributed by atoms with Crippen molar-refractivity contribution < 1.29 is 13.2 Å². The van der Waals surface area contributed by atoms with Gasteiger partial charge in [0.2, 0.25) is 0 Å². The fourth-order valence-corrected chi connectivity index (χ4v) is 7.97. The van der Waals surface area contributed by atoms with Gasteiger partial charge >= 0.3 is 116 Å². The minimum absolute atomic E-state index is 0.572. The van der Waals surface area contributed by atoms with Crippen LogP contribution in [0.4, 0.5) is 13.2 Å². The van der Waals surface area contributed by atoms with Gasteiger partial charge in [-0.1, -0.05) is 0 Å². The Morgan fingerprint density at radius 1 is 1.05 bits per heavy atom. The van der Waals surface area contributed by atoms with Gasteiger partial charge in [-0.15, -0.1) is 0 Å². The minimum atomic E-state index is -4.26. The molecule has 4 heteroatoms. The Labute approximate surface area is 116 Å². The molecule has 0 saturated heterocycles. The van der Waals surface area contributed by atoms with Gasteiger partial charge in [0.25, 0.3) is 0 Å². The second kappa shape index (κ2) is 6.64. The first-order valence-electron chi connectivity index (χ1n) is 6.73. The fourth-order valence-electron chi connectivity index (χ4n) is 2.20. The molecule has 0 aromatic heterocycles. The molecule has 0 aliphatic rings. The molecule has 0 nitrogen and oxygen atoms in total. The maximum absolute atomic E-state index is 12.6. The van der Waals surface area contributed by atoms with Crippen molar-refractivity contribution >= 4 is 19.3 Å². The molecule has 0 spiro atoms. The number of rotatable bonds is 5. The van der Waals surface area contributed by atoms with Crippen LogP contribution in [-0.4, -0.2) is 13.3 Å². The first kappa shape index (κ1) is 16.3. The summed E-state index contributed by atoms with van der Waals surface area (Å²) in [5.41, 5.74) is 0.0809. The van der Waals surface area contributed by atoms with Crippen LogP contribution in [-0.2, 0) is 6.18 Å². The van der Waals surface area contributed by atoms with Crippen molar-refractivity contribution in [3.05, 3.63) is 40.3 Å². The summed E-state index contributed by atoms with van der Waals surface area (Å²) in [6, 6.07) is 5.55. The van der Waals surface area contributed by atoms with E-state index in [-0.39, 0.29) is 0 Å². The van der Waals surface area contributed by atoms with Gasteiger partial charge in [0, 0.05) is 0 Å². The molecule has 0 atom stereocenters. The second-order valence-electron chi connectivity index (χ2n) is 4.88. The van der Waals surface area contributed by atoms with E-state index in [0.717, 1.165) is 6.07 Å². The molecule has 0 aliphatic heterocycles. The van der Waals surface area contributed by atoms with Crippen molar-refractivity contribution in [3.63, 3.8) is 0 Å². The van der Waals surface area contributed by atoms with Crippen molar-refractivity contribution in [2.75, 3.05) is 0 Å². The van der Waals surface area contributed by atoms with E-state index in [1.54, 1.807) is 6.07 Å². The van der Waals surface area contributed by atoms with Crippen LogP contribution in [0, 0.1) is 0 Å². The normalized spacial score (nSPS) is 13.2. The SMILES string of the molecule is C[CH2][Ge](/[CH]=C/c1cccc(C(F)(F)F)c1)([CH2]C)[CH2]C. The van der Waals surface area contributed by atoms with Crippen LogP contribution in [0.2, 0.25) is 15.8 Å². The monoisotopic (exact) mass is 332 g/mol. The van der Waals surface area contributed by atoms with Gasteiger partial charge in [-0.05, 0) is 0 Å². The van der Waals surface area contributed by atoms with Crippen LogP contribution < -0.4 is 0 Å². The van der Waals surface area contributed by atoms with Crippen LogP contribution >= 0.6 is 0 Å². The summed E-state index contributed by atoms with van der Waals surface area (Å²) in [6.45, 7) is 6.59. The molecular formula is C15H21F3Ge. The molecule has 0 saturated carbocycles. The van der Waals surface area contributed by atoms with Crippen molar-refractivity contribution in [2.24, 2.45) is 0 Å². The molecule has 1 aromatic carbocycles. The number of benzene rings is 1. The summed E-state index contributed by atoms with van der Waals surface area (Å²) < 4.78 is 37.9. The van der Waals surface area contributed by atoms with E-state index in [4.69, 9.17) is 0 Å². The van der Waals surface area contributed by atoms with E-state index in [1.165, 1.54) is 27.9 Å². The topological polar surface area (TPSA) is 0 Å². The Morgan fingerprint density at radius 3 is 2.11 bits per heavy atom. The second-order valence-corrected chi connectivity index (χ2v) is 15.7. The zero-order chi connectivity index (χ0) is 14.5. The summed E-state index contributed by atoms with van der Waals surface area (Å²) >= 11 is -1.96. The summed E-state index contributed by atoms with van der Waals surface area (Å²) in [4.78, 5) is 2.25. The van der Waals surface area contributed by atoms with E-state index in [0.29, 0.717) is 5.56 Å². The van der Waals surface area contributed by atoms with Gasteiger partial charge in [0.05, 0.1) is 0 Å². The van der Waals surface area contributed by atoms with E-state index in [9.17, 15) is 13.2 Å². The van der Waals surface area contributed by atoms with E-state index in [2.05, 4.69) is 25.7 Å². The van der Waals surface area contributed by atoms with Gasteiger partial charge in [-0.3, -0.25) is 0 Å². The predicted octanol–water partition coefficient (Wildman–Crippen LogP) is 5.77. The number of halogens is 3. The van der Waals surface area contributed by atoms with Gasteiger partial charge < -0.3 is 0 Å². The molecule has 0 aliphatic carbocycles. The predicted molar refractivity (Wildman–Crippen MR) is 77.7 cm³/mol. The molecule has 1 aromatic rings. The Morgan fingerprint density at radius 2 is 1.63 bits per heavy atom. The van der Waals surface area contributed by atoms with Crippen molar-refractivity contribution in [2.45, 2.75) is 42.7 Å². The number of alkyl halides is 3. The number of hydrogen-bond donors (Lipinski definition) is 0. The number of hydrogen-bond acceptors (Lipinski definition) is 0. The summed E-state index contributed by atoms with van der Waals surface area (Å²) in [6.07, 6.45) is -2.37. The molecule has 0 amide bonds. The van der Waals surface area contributed by atoms with Gasteiger partial charge in [-0.2, -0.15) is 0 Å². The van der Waals surface area contributed by atoms with Crippen LogP contribution in [0.25, 0.3) is 6.08 Å². The standard InChI is InChI=1S/C15H21F3Ge/c1-4-19(5-2,6-3)11-10-13-8-7-9-14(12-13)15(16,17)18/h7-12H,4-6H2,1-3H3/b11-10+. The average Bonchev–Trinajstić information content (AvgIpc) is 2.40. The summed E-state index contributed by atoms with van der Waals surface area (Å²) in [7, 11) is 0. The van der Waals surface area contributed by atoms with Crippen LogP contribution in [0.3, 0.4) is 0 Å². The molecule has 0 fully saturated rings. The first-order valence-corrected chi connectivity index (χ1v) is 12.4. The van der Waals surface area contributed by atoms with E-state index in [1.807, 2.05) is 6.08 Å². The Kier molecular flexibility index (Phi) is 5.71. The summed E-state index contributed by atoms with van der Waals surface area (Å²) in [5.74, 6) is 0. The molecule has 19 heavy (non-hydrogen) atoms. The zero-order valence-corrected chi connectivity index (χ0v) is 13.8. The van der Waals surface area contributed by atoms with Gasteiger partial charge in [0.1, 0.15) is 0 Å². The van der Waals surface area contributed by atoms with Crippen molar-refractivity contribution in [3.8, 4) is 0 Å². The van der Waals surface area contributed by atoms with Gasteiger partial charge in [-0.25, -0.2) is 0 Å². The van der Waals surface area contributed by atoms with E-state index >= 15 is 0 Å². The molecule has 106 valence electrons. The average molecular weight is 331 g/mol. The Hall–Kier alpha value is -0.707. The van der Waals surface area contributed by atoms with E-state index < -0.39 is 25.0 Å². The summed E-state index contributed by atoms with van der Waals surface area (Å²) in [5, 5.41) is 3.55. The molecule has 0 bridgehead atoms. The Balaban J connectivity index is 3.00. The third-order valence-electron chi connectivity index (χ3n) is 3.96. The maximum atomic E-state index is 12.6. The molecular weight excluding hydrogens is 310 g/mol. The van der Waals surface area contributed by atoms with Crippen molar-refractivity contribution in [1.82, 2.24) is 0 Å². The molecule has 1 rings (SSSR count).